The molecule has 0 aromatic carbocycles. The lowest BCUT2D eigenvalue weighted by molar-refractivity contribution is -0.0751. The standard InChI is InChI=1S/C16H21NO2S/c18-16(15-10-11-4-3-7-14(11)20-15)17-8-9-19-13-6-2-1-5-12(13)17/h10,12-13H,1-9H2. The maximum absolute atomic E-state index is 12.8. The highest BCUT2D eigenvalue weighted by Gasteiger charge is 2.37. The van der Waals surface area contributed by atoms with E-state index in [2.05, 4.69) is 11.0 Å². The number of morpholine rings is 1. The number of aryl methyl sites for hydroxylation is 2. The van der Waals surface area contributed by atoms with E-state index in [1.54, 1.807) is 11.3 Å². The molecule has 1 amide bonds. The molecule has 2 atom stereocenters. The van der Waals surface area contributed by atoms with E-state index in [9.17, 15) is 4.79 Å². The molecule has 1 aromatic heterocycles. The summed E-state index contributed by atoms with van der Waals surface area (Å²) in [6.07, 6.45) is 8.59. The molecule has 4 rings (SSSR count). The van der Waals surface area contributed by atoms with Gasteiger partial charge in [-0.2, -0.15) is 0 Å². The maximum atomic E-state index is 12.8. The number of carbonyl (C=O) groups excluding carboxylic acids is 1. The zero-order valence-corrected chi connectivity index (χ0v) is 12.6. The van der Waals surface area contributed by atoms with Gasteiger partial charge in [0.05, 0.1) is 23.6 Å². The van der Waals surface area contributed by atoms with E-state index < -0.39 is 0 Å². The third-order valence-corrected chi connectivity index (χ3v) is 6.18. The number of ether oxygens (including phenoxy) is 1. The van der Waals surface area contributed by atoms with Crippen molar-refractivity contribution in [3.8, 4) is 0 Å². The summed E-state index contributed by atoms with van der Waals surface area (Å²) in [7, 11) is 0. The van der Waals surface area contributed by atoms with Crippen LogP contribution in [0, 0.1) is 0 Å². The van der Waals surface area contributed by atoms with Crippen LogP contribution in [-0.2, 0) is 17.6 Å². The van der Waals surface area contributed by atoms with Gasteiger partial charge in [0.15, 0.2) is 0 Å². The van der Waals surface area contributed by atoms with E-state index >= 15 is 0 Å². The van der Waals surface area contributed by atoms with Crippen molar-refractivity contribution in [1.82, 2.24) is 4.90 Å². The van der Waals surface area contributed by atoms with Crippen LogP contribution >= 0.6 is 11.3 Å². The van der Waals surface area contributed by atoms with Crippen LogP contribution in [0.25, 0.3) is 0 Å². The first-order valence-corrected chi connectivity index (χ1v) is 8.69. The Labute approximate surface area is 123 Å². The molecule has 3 aliphatic rings. The summed E-state index contributed by atoms with van der Waals surface area (Å²) in [6.45, 7) is 1.47. The molecule has 3 nitrogen and oxygen atoms in total. The van der Waals surface area contributed by atoms with Crippen molar-refractivity contribution >= 4 is 17.2 Å². The number of amides is 1. The first-order chi connectivity index (χ1) is 9.83. The fraction of sp³-hybridized carbons (Fsp3) is 0.688. The van der Waals surface area contributed by atoms with Crippen LogP contribution in [0.1, 0.15) is 52.2 Å². The predicted octanol–water partition coefficient (Wildman–Crippen LogP) is 3.02. The second kappa shape index (κ2) is 5.15. The Morgan fingerprint density at radius 3 is 3.05 bits per heavy atom. The molecule has 1 saturated heterocycles. The summed E-state index contributed by atoms with van der Waals surface area (Å²) in [4.78, 5) is 17.4. The maximum Gasteiger partial charge on any atom is 0.264 e. The van der Waals surface area contributed by atoms with Gasteiger partial charge in [0.2, 0.25) is 0 Å². The predicted molar refractivity (Wildman–Crippen MR) is 79.4 cm³/mol. The van der Waals surface area contributed by atoms with Gasteiger partial charge >= 0.3 is 0 Å². The van der Waals surface area contributed by atoms with E-state index in [-0.39, 0.29) is 12.0 Å². The summed E-state index contributed by atoms with van der Waals surface area (Å²) in [6, 6.07) is 2.48. The number of nitrogens with zero attached hydrogens (tertiary/aromatic N) is 1. The van der Waals surface area contributed by atoms with Crippen molar-refractivity contribution in [3.05, 3.63) is 21.4 Å². The second-order valence-electron chi connectivity index (χ2n) is 6.17. The van der Waals surface area contributed by atoms with Gasteiger partial charge in [-0.25, -0.2) is 0 Å². The van der Waals surface area contributed by atoms with E-state index in [4.69, 9.17) is 4.74 Å². The molecular formula is C16H21NO2S. The third kappa shape index (κ3) is 2.09. The number of fused-ring (bicyclic) bond motifs is 2. The van der Waals surface area contributed by atoms with Crippen molar-refractivity contribution in [3.63, 3.8) is 0 Å². The quantitative estimate of drug-likeness (QED) is 0.796. The molecule has 108 valence electrons. The molecule has 0 radical (unpaired) electrons. The van der Waals surface area contributed by atoms with Crippen LogP contribution < -0.4 is 0 Å². The van der Waals surface area contributed by atoms with Crippen LogP contribution in [0.15, 0.2) is 6.07 Å². The van der Waals surface area contributed by atoms with E-state index in [0.29, 0.717) is 12.6 Å². The Morgan fingerprint density at radius 2 is 2.15 bits per heavy atom. The van der Waals surface area contributed by atoms with E-state index in [1.807, 2.05) is 0 Å². The van der Waals surface area contributed by atoms with Crippen molar-refractivity contribution in [2.45, 2.75) is 57.1 Å². The Bertz CT molecular complexity index is 501. The smallest absolute Gasteiger partial charge is 0.264 e. The van der Waals surface area contributed by atoms with Crippen molar-refractivity contribution in [2.24, 2.45) is 0 Å². The summed E-state index contributed by atoms with van der Waals surface area (Å²) >= 11 is 1.73. The molecular weight excluding hydrogens is 270 g/mol. The second-order valence-corrected chi connectivity index (χ2v) is 7.31. The molecule has 20 heavy (non-hydrogen) atoms. The first-order valence-electron chi connectivity index (χ1n) is 7.87. The molecule has 4 heteroatoms. The van der Waals surface area contributed by atoms with Crippen molar-refractivity contribution < 1.29 is 9.53 Å². The molecule has 2 aliphatic carbocycles. The fourth-order valence-corrected chi connectivity index (χ4v) is 5.13. The molecule has 2 unspecified atom stereocenters. The Morgan fingerprint density at radius 1 is 1.25 bits per heavy atom. The van der Waals surface area contributed by atoms with Gasteiger partial charge < -0.3 is 9.64 Å². The number of rotatable bonds is 1. The van der Waals surface area contributed by atoms with Gasteiger partial charge in [-0.15, -0.1) is 11.3 Å². The molecule has 0 bridgehead atoms. The summed E-state index contributed by atoms with van der Waals surface area (Å²) in [5, 5.41) is 0. The Kier molecular flexibility index (Phi) is 3.31. The lowest BCUT2D eigenvalue weighted by Crippen LogP contribution is -2.54. The Hall–Kier alpha value is -0.870. The van der Waals surface area contributed by atoms with Crippen LogP contribution in [0.3, 0.4) is 0 Å². The molecule has 2 fully saturated rings. The lowest BCUT2D eigenvalue weighted by atomic mass is 9.90. The molecule has 1 aromatic rings. The van der Waals surface area contributed by atoms with Crippen LogP contribution in [0.4, 0.5) is 0 Å². The average molecular weight is 291 g/mol. The topological polar surface area (TPSA) is 29.5 Å². The van der Waals surface area contributed by atoms with E-state index in [1.165, 1.54) is 36.1 Å². The molecule has 1 aliphatic heterocycles. The summed E-state index contributed by atoms with van der Waals surface area (Å²) < 4.78 is 5.87. The van der Waals surface area contributed by atoms with Gasteiger partial charge in [0, 0.05) is 11.4 Å². The highest BCUT2D eigenvalue weighted by Crippen LogP contribution is 2.34. The number of carbonyl (C=O) groups is 1. The average Bonchev–Trinajstić information content (AvgIpc) is 3.07. The van der Waals surface area contributed by atoms with Crippen LogP contribution in [0.5, 0.6) is 0 Å². The van der Waals surface area contributed by atoms with Crippen molar-refractivity contribution in [1.29, 1.82) is 0 Å². The molecule has 0 spiro atoms. The minimum atomic E-state index is 0.254. The van der Waals surface area contributed by atoms with Crippen LogP contribution in [-0.4, -0.2) is 36.1 Å². The third-order valence-electron chi connectivity index (χ3n) is 4.95. The number of hydrogen-bond donors (Lipinski definition) is 0. The summed E-state index contributed by atoms with van der Waals surface area (Å²) in [5.41, 5.74) is 1.42. The van der Waals surface area contributed by atoms with Gasteiger partial charge in [0.1, 0.15) is 0 Å². The minimum Gasteiger partial charge on any atom is -0.374 e. The van der Waals surface area contributed by atoms with Gasteiger partial charge in [-0.05, 0) is 43.7 Å². The van der Waals surface area contributed by atoms with Gasteiger partial charge in [0.25, 0.3) is 5.91 Å². The Balaban J connectivity index is 1.57. The first kappa shape index (κ1) is 12.8. The summed E-state index contributed by atoms with van der Waals surface area (Å²) in [5.74, 6) is 0.254. The van der Waals surface area contributed by atoms with Crippen LogP contribution in [0.2, 0.25) is 0 Å². The molecule has 1 saturated carbocycles. The van der Waals surface area contributed by atoms with Crippen molar-refractivity contribution in [2.75, 3.05) is 13.2 Å². The highest BCUT2D eigenvalue weighted by atomic mass is 32.1. The largest absolute Gasteiger partial charge is 0.374 e. The fourth-order valence-electron chi connectivity index (χ4n) is 3.92. The zero-order valence-electron chi connectivity index (χ0n) is 11.8. The van der Waals surface area contributed by atoms with Gasteiger partial charge in [-0.3, -0.25) is 4.79 Å². The number of hydrogen-bond acceptors (Lipinski definition) is 3. The van der Waals surface area contributed by atoms with E-state index in [0.717, 1.165) is 30.7 Å². The molecule has 0 N–H and O–H groups in total. The highest BCUT2D eigenvalue weighted by molar-refractivity contribution is 7.14. The number of thiophene rings is 1. The lowest BCUT2D eigenvalue weighted by Gasteiger charge is -2.43. The normalized spacial score (nSPS) is 29.1. The monoisotopic (exact) mass is 291 g/mol. The van der Waals surface area contributed by atoms with Gasteiger partial charge in [-0.1, -0.05) is 12.8 Å². The SMILES string of the molecule is O=C(c1cc2c(s1)CCC2)N1CCOC2CCCCC21. The zero-order chi connectivity index (χ0) is 13.5. The minimum absolute atomic E-state index is 0.254. The molecule has 2 heterocycles.